The van der Waals surface area contributed by atoms with E-state index in [9.17, 15) is 5.11 Å². The van der Waals surface area contributed by atoms with Crippen LogP contribution in [0.5, 0.6) is 11.5 Å². The number of hydrogen-bond donors (Lipinski definition) is 1. The second-order valence-electron chi connectivity index (χ2n) is 10.6. The molecule has 0 radical (unpaired) electrons. The minimum absolute atomic E-state index is 0.0243. The fraction of sp³-hybridized carbons (Fsp3) is 0.769. The highest BCUT2D eigenvalue weighted by atomic mass is 127. The summed E-state index contributed by atoms with van der Waals surface area (Å²) in [7, 11) is 5.59. The summed E-state index contributed by atoms with van der Waals surface area (Å²) >= 11 is 1.96. The Bertz CT molecular complexity index is 842. The van der Waals surface area contributed by atoms with E-state index in [1.54, 1.807) is 14.2 Å². The highest BCUT2D eigenvalue weighted by Gasteiger charge is 2.64. The van der Waals surface area contributed by atoms with Crippen LogP contribution in [0, 0.1) is 5.92 Å². The van der Waals surface area contributed by atoms with Crippen LogP contribution < -0.4 is 7.80 Å². The molecule has 0 heterocycles. The van der Waals surface area contributed by atoms with Crippen molar-refractivity contribution in [2.75, 3.05) is 34.4 Å². The molecule has 0 amide bonds. The maximum atomic E-state index is 12.6. The molecular weight excluding hydrogens is 533 g/mol. The summed E-state index contributed by atoms with van der Waals surface area (Å²) in [5, 5.41) is 12.6. The molecule has 1 unspecified atom stereocenters. The van der Waals surface area contributed by atoms with Gasteiger partial charge in [0.25, 0.3) is 0 Å². The van der Waals surface area contributed by atoms with E-state index < -0.39 is 16.8 Å². The first-order chi connectivity index (χ1) is 15.8. The summed E-state index contributed by atoms with van der Waals surface area (Å²) in [4.78, 5) is 2.40. The van der Waals surface area contributed by atoms with Crippen molar-refractivity contribution in [3.8, 4) is 11.5 Å². The second-order valence-corrected chi connectivity index (χ2v) is 11.0. The quantitative estimate of drug-likeness (QED) is 0.241. The van der Waals surface area contributed by atoms with Crippen LogP contribution in [-0.2, 0) is 21.3 Å². The number of hydrogen-bond acceptors (Lipinski definition) is 6. The Balaban J connectivity index is 1.83. The predicted octanol–water partition coefficient (Wildman–Crippen LogP) is 5.02. The lowest BCUT2D eigenvalue weighted by molar-refractivity contribution is -0.271. The topological polar surface area (TPSA) is 60.4 Å². The lowest BCUT2D eigenvalue weighted by Crippen LogP contribution is -2.70. The van der Waals surface area contributed by atoms with Gasteiger partial charge in [0.05, 0.1) is 12.2 Å². The first kappa shape index (κ1) is 25.5. The van der Waals surface area contributed by atoms with Crippen molar-refractivity contribution >= 4 is 23.0 Å². The van der Waals surface area contributed by atoms with Crippen LogP contribution in [0.15, 0.2) is 12.1 Å². The van der Waals surface area contributed by atoms with Crippen molar-refractivity contribution in [3.05, 3.63) is 23.3 Å². The number of unbranched alkanes of at least 4 members (excludes halogenated alkanes) is 1. The third-order valence-electron chi connectivity index (χ3n) is 8.54. The molecule has 6 nitrogen and oxygen atoms in total. The van der Waals surface area contributed by atoms with Crippen molar-refractivity contribution < 1.29 is 22.4 Å². The van der Waals surface area contributed by atoms with Crippen molar-refractivity contribution in [2.45, 2.75) is 88.1 Å². The van der Waals surface area contributed by atoms with E-state index >= 15 is 0 Å². The fourth-order valence-electron chi connectivity index (χ4n) is 6.34. The molecular formula is C26H40INO5. The zero-order valence-corrected chi connectivity index (χ0v) is 22.9. The molecule has 1 aromatic rings. The maximum Gasteiger partial charge on any atom is 0.192 e. The van der Waals surface area contributed by atoms with Gasteiger partial charge in [-0.2, -0.15) is 0 Å². The molecule has 33 heavy (non-hydrogen) atoms. The molecule has 3 atom stereocenters. The molecule has 4 rings (SSSR count). The van der Waals surface area contributed by atoms with Gasteiger partial charge in [-0.3, -0.25) is 4.90 Å². The molecule has 1 aromatic carbocycles. The normalized spacial score (nSPS) is 30.6. The summed E-state index contributed by atoms with van der Waals surface area (Å²) in [5.41, 5.74) is 0.698. The largest absolute Gasteiger partial charge is 0.490 e. The van der Waals surface area contributed by atoms with Gasteiger partial charge in [0.1, 0.15) is 0 Å². The van der Waals surface area contributed by atoms with Gasteiger partial charge in [-0.25, -0.2) is 0 Å². The number of methoxy groups -OCH3 is 2. The number of halogens is 1. The van der Waals surface area contributed by atoms with Gasteiger partial charge >= 0.3 is 0 Å². The molecule has 2 saturated carbocycles. The Kier molecular flexibility index (Phi) is 7.57. The monoisotopic (exact) mass is 573 g/mol. The number of benzene rings is 1. The van der Waals surface area contributed by atoms with Crippen LogP contribution in [0.2, 0.25) is 0 Å². The van der Waals surface area contributed by atoms with Crippen LogP contribution in [0.1, 0.15) is 69.9 Å². The standard InChI is InChI=1S/C26H40INO5/c1-6-7-14-32-20-11-10-19-15-21(28(3)16-18-8-9-18)26(29)13-12-25(30-4,31-5)17-24(26,2)22(19)23(20)33-27/h10-11,18,21,29H,6-9,12-17H2,1-5H3/t21-,24?,26-/m1/s1. The molecule has 7 heteroatoms. The smallest absolute Gasteiger partial charge is 0.192 e. The Hall–Kier alpha value is -0.610. The minimum atomic E-state index is -0.934. The SMILES string of the molecule is CCCCOc1ccc2c(c1OI)C1(C)CC(OC)(OC)CC[C@@]1(O)[C@H](N(C)CC1CC1)C2. The van der Waals surface area contributed by atoms with Gasteiger partial charge in [-0.1, -0.05) is 26.3 Å². The van der Waals surface area contributed by atoms with Crippen molar-refractivity contribution in [1.82, 2.24) is 4.90 Å². The van der Waals surface area contributed by atoms with Crippen molar-refractivity contribution in [3.63, 3.8) is 0 Å². The molecule has 1 N–H and O–H groups in total. The van der Waals surface area contributed by atoms with Gasteiger partial charge in [-0.15, -0.1) is 0 Å². The average molecular weight is 574 g/mol. The second kappa shape index (κ2) is 9.80. The Labute approximate surface area is 213 Å². The lowest BCUT2D eigenvalue weighted by Gasteiger charge is -2.61. The fourth-order valence-corrected chi connectivity index (χ4v) is 6.77. The van der Waals surface area contributed by atoms with E-state index in [-0.39, 0.29) is 6.04 Å². The van der Waals surface area contributed by atoms with Crippen LogP contribution in [-0.4, -0.2) is 61.9 Å². The number of fused-ring (bicyclic) bond motifs is 3. The number of likely N-dealkylation sites (N-methyl/N-ethyl adjacent to an activating group) is 1. The molecule has 0 saturated heterocycles. The summed E-state index contributed by atoms with van der Waals surface area (Å²) < 4.78 is 24.0. The molecule has 0 bridgehead atoms. The van der Waals surface area contributed by atoms with E-state index in [0.29, 0.717) is 25.9 Å². The van der Waals surface area contributed by atoms with Crippen LogP contribution in [0.25, 0.3) is 0 Å². The number of aliphatic hydroxyl groups is 1. The van der Waals surface area contributed by atoms with E-state index in [2.05, 4.69) is 31.9 Å². The van der Waals surface area contributed by atoms with Gasteiger partial charge in [0, 0.05) is 50.6 Å². The molecule has 0 spiro atoms. The first-order valence-corrected chi connectivity index (χ1v) is 13.3. The zero-order valence-electron chi connectivity index (χ0n) is 20.8. The van der Waals surface area contributed by atoms with Gasteiger partial charge < -0.3 is 22.4 Å². The summed E-state index contributed by atoms with van der Waals surface area (Å²) in [6.07, 6.45) is 7.26. The third-order valence-corrected chi connectivity index (χ3v) is 8.98. The number of nitrogens with zero attached hydrogens (tertiary/aromatic N) is 1. The van der Waals surface area contributed by atoms with Gasteiger partial charge in [0.15, 0.2) is 40.3 Å². The van der Waals surface area contributed by atoms with Crippen molar-refractivity contribution in [1.29, 1.82) is 0 Å². The Morgan fingerprint density at radius 3 is 2.52 bits per heavy atom. The minimum Gasteiger partial charge on any atom is -0.490 e. The zero-order chi connectivity index (χ0) is 23.9. The molecule has 186 valence electrons. The molecule has 3 aliphatic carbocycles. The number of ether oxygens (including phenoxy) is 3. The van der Waals surface area contributed by atoms with Crippen molar-refractivity contribution in [2.24, 2.45) is 5.92 Å². The highest BCUT2D eigenvalue weighted by molar-refractivity contribution is 14.1. The highest BCUT2D eigenvalue weighted by Crippen LogP contribution is 2.60. The van der Waals surface area contributed by atoms with E-state index in [4.69, 9.17) is 17.3 Å². The molecule has 3 aliphatic rings. The Morgan fingerprint density at radius 2 is 1.91 bits per heavy atom. The van der Waals surface area contributed by atoms with E-state index in [0.717, 1.165) is 48.8 Å². The van der Waals surface area contributed by atoms with Gasteiger partial charge in [0.2, 0.25) is 0 Å². The summed E-state index contributed by atoms with van der Waals surface area (Å²) in [5.74, 6) is 1.50. The molecule has 0 aliphatic heterocycles. The van der Waals surface area contributed by atoms with Crippen LogP contribution in [0.3, 0.4) is 0 Å². The lowest BCUT2D eigenvalue weighted by atomic mass is 9.52. The molecule has 2 fully saturated rings. The van der Waals surface area contributed by atoms with E-state index in [1.165, 1.54) is 18.4 Å². The van der Waals surface area contributed by atoms with E-state index in [1.807, 2.05) is 29.1 Å². The summed E-state index contributed by atoms with van der Waals surface area (Å²) in [6.45, 7) is 6.01. The Morgan fingerprint density at radius 1 is 1.18 bits per heavy atom. The summed E-state index contributed by atoms with van der Waals surface area (Å²) in [6, 6.07) is 4.24. The van der Waals surface area contributed by atoms with Gasteiger partial charge in [-0.05, 0) is 56.7 Å². The number of rotatable bonds is 10. The first-order valence-electron chi connectivity index (χ1n) is 12.4. The third kappa shape index (κ3) is 4.41. The van der Waals surface area contributed by atoms with Crippen LogP contribution >= 0.6 is 23.0 Å². The maximum absolute atomic E-state index is 12.6. The average Bonchev–Trinajstić information content (AvgIpc) is 3.63. The predicted molar refractivity (Wildman–Crippen MR) is 137 cm³/mol. The van der Waals surface area contributed by atoms with Crippen LogP contribution in [0.4, 0.5) is 0 Å². The molecule has 0 aromatic heterocycles.